The normalized spacial score (nSPS) is 14.9. The molecule has 3 rings (SSSR count). The summed E-state index contributed by atoms with van der Waals surface area (Å²) in [5.41, 5.74) is 2.79. The Balaban J connectivity index is 1.75. The van der Waals surface area contributed by atoms with Crippen LogP contribution in [-0.2, 0) is 0 Å². The third kappa shape index (κ3) is 2.79. The Morgan fingerprint density at radius 2 is 1.67 bits per heavy atom. The third-order valence-corrected chi connectivity index (χ3v) is 3.74. The predicted octanol–water partition coefficient (Wildman–Crippen LogP) is 1.98. The van der Waals surface area contributed by atoms with Crippen LogP contribution in [0.15, 0.2) is 36.7 Å². The van der Waals surface area contributed by atoms with Crippen molar-refractivity contribution in [3.05, 3.63) is 47.9 Å². The van der Waals surface area contributed by atoms with Crippen molar-refractivity contribution in [2.75, 3.05) is 36.0 Å². The van der Waals surface area contributed by atoms with Gasteiger partial charge < -0.3 is 9.80 Å². The molecule has 106 valence electrons. The molecule has 5 heteroatoms. The molecular weight excluding hydrogens is 262 g/mol. The van der Waals surface area contributed by atoms with Gasteiger partial charge in [-0.05, 0) is 31.2 Å². The maximum Gasteiger partial charge on any atom is 0.146 e. The summed E-state index contributed by atoms with van der Waals surface area (Å²) in [4.78, 5) is 13.1. The van der Waals surface area contributed by atoms with Crippen LogP contribution in [0.3, 0.4) is 0 Å². The van der Waals surface area contributed by atoms with Crippen molar-refractivity contribution in [3.8, 4) is 6.07 Å². The smallest absolute Gasteiger partial charge is 0.146 e. The second-order valence-corrected chi connectivity index (χ2v) is 5.12. The van der Waals surface area contributed by atoms with Crippen LogP contribution in [0.25, 0.3) is 0 Å². The first-order valence-electron chi connectivity index (χ1n) is 7.05. The average molecular weight is 279 g/mol. The minimum Gasteiger partial charge on any atom is -0.368 e. The second kappa shape index (κ2) is 5.80. The first-order valence-corrected chi connectivity index (χ1v) is 7.05. The molecule has 0 bridgehead atoms. The number of nitriles is 1. The van der Waals surface area contributed by atoms with Gasteiger partial charge in [-0.3, -0.25) is 4.98 Å². The van der Waals surface area contributed by atoms with E-state index in [9.17, 15) is 5.26 Å². The first-order chi connectivity index (χ1) is 10.3. The Bertz CT molecular complexity index is 654. The molecule has 2 aromatic heterocycles. The minimum atomic E-state index is 0.651. The number of piperazine rings is 1. The average Bonchev–Trinajstić information content (AvgIpc) is 2.56. The monoisotopic (exact) mass is 279 g/mol. The number of anilines is 2. The number of aryl methyl sites for hydroxylation is 1. The fraction of sp³-hybridized carbons (Fsp3) is 0.312. The van der Waals surface area contributed by atoms with Crippen LogP contribution in [0, 0.1) is 18.3 Å². The molecule has 0 unspecified atom stereocenters. The minimum absolute atomic E-state index is 0.651. The van der Waals surface area contributed by atoms with E-state index >= 15 is 0 Å². The lowest BCUT2D eigenvalue weighted by Gasteiger charge is -2.37. The van der Waals surface area contributed by atoms with Gasteiger partial charge in [0, 0.05) is 50.0 Å². The van der Waals surface area contributed by atoms with Crippen molar-refractivity contribution in [2.45, 2.75) is 6.92 Å². The Morgan fingerprint density at radius 3 is 2.33 bits per heavy atom. The molecule has 3 heterocycles. The van der Waals surface area contributed by atoms with E-state index in [2.05, 4.69) is 25.8 Å². The van der Waals surface area contributed by atoms with Gasteiger partial charge in [0.25, 0.3) is 0 Å². The number of aromatic nitrogens is 2. The summed E-state index contributed by atoms with van der Waals surface area (Å²) in [5.74, 6) is 0.812. The van der Waals surface area contributed by atoms with Gasteiger partial charge in [-0.2, -0.15) is 5.26 Å². The molecule has 0 atom stereocenters. The molecule has 1 fully saturated rings. The zero-order chi connectivity index (χ0) is 14.7. The second-order valence-electron chi connectivity index (χ2n) is 5.12. The van der Waals surface area contributed by atoms with Gasteiger partial charge in [0.2, 0.25) is 0 Å². The molecule has 0 aromatic carbocycles. The van der Waals surface area contributed by atoms with Crippen LogP contribution in [0.5, 0.6) is 0 Å². The summed E-state index contributed by atoms with van der Waals surface area (Å²) in [5, 5.41) is 9.24. The lowest BCUT2D eigenvalue weighted by Crippen LogP contribution is -2.47. The molecule has 0 saturated carbocycles. The maximum absolute atomic E-state index is 9.24. The summed E-state index contributed by atoms with van der Waals surface area (Å²) in [6.45, 7) is 5.54. The highest BCUT2D eigenvalue weighted by Gasteiger charge is 2.20. The lowest BCUT2D eigenvalue weighted by molar-refractivity contribution is 0.646. The fourth-order valence-electron chi connectivity index (χ4n) is 2.60. The molecule has 21 heavy (non-hydrogen) atoms. The summed E-state index contributed by atoms with van der Waals surface area (Å²) in [7, 11) is 0. The van der Waals surface area contributed by atoms with Crippen molar-refractivity contribution >= 4 is 11.5 Å². The Hall–Kier alpha value is -2.61. The zero-order valence-corrected chi connectivity index (χ0v) is 12.0. The van der Waals surface area contributed by atoms with Gasteiger partial charge in [-0.1, -0.05) is 0 Å². The van der Waals surface area contributed by atoms with Crippen molar-refractivity contribution in [2.24, 2.45) is 0 Å². The van der Waals surface area contributed by atoms with Crippen LogP contribution < -0.4 is 9.80 Å². The number of hydrogen-bond acceptors (Lipinski definition) is 5. The highest BCUT2D eigenvalue weighted by Crippen LogP contribution is 2.21. The highest BCUT2D eigenvalue weighted by atomic mass is 15.3. The fourth-order valence-corrected chi connectivity index (χ4v) is 2.60. The van der Waals surface area contributed by atoms with Crippen molar-refractivity contribution in [1.29, 1.82) is 5.26 Å². The van der Waals surface area contributed by atoms with E-state index in [-0.39, 0.29) is 0 Å². The summed E-state index contributed by atoms with van der Waals surface area (Å²) < 4.78 is 0. The molecule has 1 aliphatic heterocycles. The topological polar surface area (TPSA) is 56.1 Å². The predicted molar refractivity (Wildman–Crippen MR) is 82.4 cm³/mol. The van der Waals surface area contributed by atoms with Crippen molar-refractivity contribution in [3.63, 3.8) is 0 Å². The third-order valence-electron chi connectivity index (χ3n) is 3.74. The highest BCUT2D eigenvalue weighted by molar-refractivity contribution is 5.56. The first kappa shape index (κ1) is 13.4. The molecule has 2 aromatic rings. The van der Waals surface area contributed by atoms with Gasteiger partial charge in [0.1, 0.15) is 11.9 Å². The molecule has 1 saturated heterocycles. The van der Waals surface area contributed by atoms with Gasteiger partial charge in [-0.15, -0.1) is 0 Å². The van der Waals surface area contributed by atoms with Gasteiger partial charge in [-0.25, -0.2) is 4.98 Å². The van der Waals surface area contributed by atoms with Crippen LogP contribution in [0.1, 0.15) is 11.3 Å². The molecule has 0 aliphatic carbocycles. The number of nitrogens with zero attached hydrogens (tertiary/aromatic N) is 5. The molecule has 0 spiro atoms. The molecule has 1 aliphatic rings. The number of pyridine rings is 2. The van der Waals surface area contributed by atoms with E-state index in [0.29, 0.717) is 5.56 Å². The Morgan fingerprint density at radius 1 is 1.00 bits per heavy atom. The molecule has 5 nitrogen and oxygen atoms in total. The van der Waals surface area contributed by atoms with Crippen molar-refractivity contribution < 1.29 is 0 Å². The van der Waals surface area contributed by atoms with E-state index in [1.165, 1.54) is 5.69 Å². The zero-order valence-electron chi connectivity index (χ0n) is 12.0. The lowest BCUT2D eigenvalue weighted by atomic mass is 10.2. The van der Waals surface area contributed by atoms with Crippen molar-refractivity contribution in [1.82, 2.24) is 9.97 Å². The molecule has 0 amide bonds. The summed E-state index contributed by atoms with van der Waals surface area (Å²) >= 11 is 0. The number of rotatable bonds is 2. The maximum atomic E-state index is 9.24. The van der Waals surface area contributed by atoms with E-state index in [1.54, 1.807) is 0 Å². The standard InChI is InChI=1S/C16H17N5/c1-13-2-3-14(12-17)16(19-13)21-10-8-20(9-11-21)15-4-6-18-7-5-15/h2-7H,8-11H2,1H3. The molecular formula is C16H17N5. The van der Waals surface area contributed by atoms with E-state index < -0.39 is 0 Å². The molecule has 0 radical (unpaired) electrons. The largest absolute Gasteiger partial charge is 0.368 e. The van der Waals surface area contributed by atoms with Gasteiger partial charge in [0.15, 0.2) is 0 Å². The number of hydrogen-bond donors (Lipinski definition) is 0. The Labute approximate surface area is 124 Å². The van der Waals surface area contributed by atoms with Crippen LogP contribution in [0.4, 0.5) is 11.5 Å². The van der Waals surface area contributed by atoms with Gasteiger partial charge >= 0.3 is 0 Å². The Kier molecular flexibility index (Phi) is 3.69. The van der Waals surface area contributed by atoms with Crippen LogP contribution >= 0.6 is 0 Å². The van der Waals surface area contributed by atoms with Crippen LogP contribution in [0.2, 0.25) is 0 Å². The van der Waals surface area contributed by atoms with E-state index in [0.717, 1.165) is 37.7 Å². The summed E-state index contributed by atoms with van der Waals surface area (Å²) in [6.07, 6.45) is 3.63. The summed E-state index contributed by atoms with van der Waals surface area (Å²) in [6, 6.07) is 10.0. The van der Waals surface area contributed by atoms with Gasteiger partial charge in [0.05, 0.1) is 5.56 Å². The van der Waals surface area contributed by atoms with E-state index in [4.69, 9.17) is 0 Å². The quantitative estimate of drug-likeness (QED) is 0.841. The van der Waals surface area contributed by atoms with Crippen LogP contribution in [-0.4, -0.2) is 36.1 Å². The van der Waals surface area contributed by atoms with E-state index in [1.807, 2.05) is 43.6 Å². The SMILES string of the molecule is Cc1ccc(C#N)c(N2CCN(c3ccncc3)CC2)n1. The molecule has 0 N–H and O–H groups in total.